The Balaban J connectivity index is 2.11. The van der Waals surface area contributed by atoms with Gasteiger partial charge in [-0.1, -0.05) is 33.1 Å². The summed E-state index contributed by atoms with van der Waals surface area (Å²) < 4.78 is 12.6. The first-order valence-electron chi connectivity index (χ1n) is 8.26. The predicted octanol–water partition coefficient (Wildman–Crippen LogP) is 3.51. The van der Waals surface area contributed by atoms with Crippen molar-refractivity contribution < 1.29 is 4.39 Å². The van der Waals surface area contributed by atoms with E-state index in [1.165, 1.54) is 44.9 Å². The zero-order valence-corrected chi connectivity index (χ0v) is 12.8. The molecule has 112 valence electrons. The molecule has 3 heteroatoms. The molecule has 0 unspecified atom stereocenters. The maximum atomic E-state index is 12.6. The van der Waals surface area contributed by atoms with Gasteiger partial charge in [0, 0.05) is 30.7 Å². The van der Waals surface area contributed by atoms with Crippen LogP contribution >= 0.6 is 0 Å². The van der Waals surface area contributed by atoms with Crippen LogP contribution in [0.15, 0.2) is 0 Å². The number of halogens is 1. The van der Waals surface area contributed by atoms with Crippen molar-refractivity contribution in [2.45, 2.75) is 76.3 Å². The first-order chi connectivity index (χ1) is 9.20. The monoisotopic (exact) mass is 270 g/mol. The normalized spacial score (nSPS) is 26.7. The van der Waals surface area contributed by atoms with Crippen LogP contribution in [0.4, 0.5) is 4.39 Å². The molecule has 1 aliphatic carbocycles. The third kappa shape index (κ3) is 3.13. The van der Waals surface area contributed by atoms with Gasteiger partial charge in [-0.15, -0.1) is 0 Å². The number of hydrogen-bond donors (Lipinski definition) is 1. The van der Waals surface area contributed by atoms with E-state index in [9.17, 15) is 4.39 Å². The Labute approximate surface area is 118 Å². The molecule has 0 aromatic rings. The molecule has 19 heavy (non-hydrogen) atoms. The van der Waals surface area contributed by atoms with Gasteiger partial charge in [0.25, 0.3) is 0 Å². The number of alkyl halides is 1. The fourth-order valence-electron chi connectivity index (χ4n) is 4.05. The van der Waals surface area contributed by atoms with E-state index in [4.69, 9.17) is 0 Å². The number of nitrogens with zero attached hydrogens (tertiary/aromatic N) is 1. The summed E-state index contributed by atoms with van der Waals surface area (Å²) in [5.74, 6) is 0. The lowest BCUT2D eigenvalue weighted by Gasteiger charge is -2.56. The van der Waals surface area contributed by atoms with Gasteiger partial charge in [-0.2, -0.15) is 0 Å². The maximum Gasteiger partial charge on any atom is 0.0906 e. The molecular formula is C16H31FN2. The van der Waals surface area contributed by atoms with Crippen LogP contribution in [0.5, 0.6) is 0 Å². The van der Waals surface area contributed by atoms with Crippen molar-refractivity contribution in [1.29, 1.82) is 0 Å². The van der Waals surface area contributed by atoms with Gasteiger partial charge in [-0.05, 0) is 32.1 Å². The molecule has 0 atom stereocenters. The minimum absolute atomic E-state index is 0.175. The highest BCUT2D eigenvalue weighted by molar-refractivity contribution is 5.05. The maximum absolute atomic E-state index is 12.6. The topological polar surface area (TPSA) is 15.3 Å². The SMILES string of the molecule is CCC1(CC)CN(CCCF)C2(CCCCC2)CN1. The molecule has 1 saturated heterocycles. The molecule has 1 spiro atoms. The molecule has 2 rings (SSSR count). The smallest absolute Gasteiger partial charge is 0.0906 e. The Morgan fingerprint density at radius 2 is 1.79 bits per heavy atom. The van der Waals surface area contributed by atoms with E-state index in [1.54, 1.807) is 0 Å². The van der Waals surface area contributed by atoms with Crippen molar-refractivity contribution in [2.75, 3.05) is 26.3 Å². The first-order valence-corrected chi connectivity index (χ1v) is 8.26. The lowest BCUT2D eigenvalue weighted by atomic mass is 9.75. The Hall–Kier alpha value is -0.150. The molecule has 0 radical (unpaired) electrons. The predicted molar refractivity (Wildman–Crippen MR) is 79.3 cm³/mol. The molecule has 0 aromatic carbocycles. The standard InChI is InChI=1S/C16H31FN2/c1-3-15(4-2)14-19(12-8-11-17)16(13-18-15)9-6-5-7-10-16/h18H,3-14H2,1-2H3. The molecule has 2 aliphatic rings. The first kappa shape index (κ1) is 15.2. The van der Waals surface area contributed by atoms with E-state index in [-0.39, 0.29) is 12.2 Å². The summed E-state index contributed by atoms with van der Waals surface area (Å²) in [6.07, 6.45) is 9.72. The largest absolute Gasteiger partial charge is 0.308 e. The Kier molecular flexibility index (Phi) is 5.24. The molecule has 0 bridgehead atoms. The van der Waals surface area contributed by atoms with Gasteiger partial charge in [-0.3, -0.25) is 9.29 Å². The van der Waals surface area contributed by atoms with E-state index in [0.717, 1.165) is 19.6 Å². The highest BCUT2D eigenvalue weighted by atomic mass is 19.1. The summed E-state index contributed by atoms with van der Waals surface area (Å²) in [4.78, 5) is 2.65. The third-order valence-electron chi connectivity index (χ3n) is 5.66. The zero-order chi connectivity index (χ0) is 13.8. The number of nitrogens with one attached hydrogen (secondary N) is 1. The van der Waals surface area contributed by atoms with Crippen LogP contribution in [0.25, 0.3) is 0 Å². The van der Waals surface area contributed by atoms with Gasteiger partial charge in [0.2, 0.25) is 0 Å². The van der Waals surface area contributed by atoms with Crippen LogP contribution in [-0.4, -0.2) is 42.3 Å². The minimum Gasteiger partial charge on any atom is -0.308 e. The minimum atomic E-state index is -0.175. The number of rotatable bonds is 5. The van der Waals surface area contributed by atoms with Crippen LogP contribution < -0.4 is 5.32 Å². The average Bonchev–Trinajstić information content (AvgIpc) is 2.48. The lowest BCUT2D eigenvalue weighted by Crippen LogP contribution is -2.70. The van der Waals surface area contributed by atoms with E-state index >= 15 is 0 Å². The zero-order valence-electron chi connectivity index (χ0n) is 12.8. The van der Waals surface area contributed by atoms with E-state index in [2.05, 4.69) is 24.1 Å². The highest BCUT2D eigenvalue weighted by Crippen LogP contribution is 2.38. The van der Waals surface area contributed by atoms with Crippen LogP contribution in [-0.2, 0) is 0 Å². The fraction of sp³-hybridized carbons (Fsp3) is 1.00. The van der Waals surface area contributed by atoms with Gasteiger partial charge in [-0.25, -0.2) is 0 Å². The average molecular weight is 270 g/mol. The summed E-state index contributed by atoms with van der Waals surface area (Å²) in [6.45, 7) is 7.55. The van der Waals surface area contributed by atoms with Crippen molar-refractivity contribution in [1.82, 2.24) is 10.2 Å². The van der Waals surface area contributed by atoms with Gasteiger partial charge < -0.3 is 5.32 Å². The number of piperazine rings is 1. The number of hydrogen-bond acceptors (Lipinski definition) is 2. The lowest BCUT2D eigenvalue weighted by molar-refractivity contribution is -0.0231. The van der Waals surface area contributed by atoms with Gasteiger partial charge in [0.05, 0.1) is 6.67 Å². The van der Waals surface area contributed by atoms with Crippen LogP contribution in [0.1, 0.15) is 65.2 Å². The molecule has 1 aliphatic heterocycles. The molecule has 0 amide bonds. The summed E-state index contributed by atoms with van der Waals surface area (Å²) in [7, 11) is 0. The van der Waals surface area contributed by atoms with Gasteiger partial charge >= 0.3 is 0 Å². The highest BCUT2D eigenvalue weighted by Gasteiger charge is 2.45. The third-order valence-corrected chi connectivity index (χ3v) is 5.66. The fourth-order valence-corrected chi connectivity index (χ4v) is 4.05. The second kappa shape index (κ2) is 6.53. The summed E-state index contributed by atoms with van der Waals surface area (Å²) >= 11 is 0. The Morgan fingerprint density at radius 3 is 2.37 bits per heavy atom. The van der Waals surface area contributed by atoms with Crippen LogP contribution in [0.2, 0.25) is 0 Å². The quantitative estimate of drug-likeness (QED) is 0.822. The summed E-state index contributed by atoms with van der Waals surface area (Å²) in [5.41, 5.74) is 0.597. The van der Waals surface area contributed by atoms with Crippen molar-refractivity contribution in [3.05, 3.63) is 0 Å². The van der Waals surface area contributed by atoms with E-state index in [1.807, 2.05) is 0 Å². The Bertz CT molecular complexity index is 270. The molecule has 1 saturated carbocycles. The van der Waals surface area contributed by atoms with E-state index in [0.29, 0.717) is 12.0 Å². The molecular weight excluding hydrogens is 239 g/mol. The molecule has 0 aromatic heterocycles. The van der Waals surface area contributed by atoms with Crippen molar-refractivity contribution >= 4 is 0 Å². The molecule has 1 N–H and O–H groups in total. The van der Waals surface area contributed by atoms with E-state index < -0.39 is 0 Å². The molecule has 2 nitrogen and oxygen atoms in total. The van der Waals surface area contributed by atoms with Crippen LogP contribution in [0, 0.1) is 0 Å². The Morgan fingerprint density at radius 1 is 1.11 bits per heavy atom. The van der Waals surface area contributed by atoms with Gasteiger partial charge in [0.15, 0.2) is 0 Å². The summed E-state index contributed by atoms with van der Waals surface area (Å²) in [5, 5.41) is 3.86. The second-order valence-corrected chi connectivity index (χ2v) is 6.59. The van der Waals surface area contributed by atoms with Crippen LogP contribution in [0.3, 0.4) is 0 Å². The van der Waals surface area contributed by atoms with Crippen molar-refractivity contribution in [3.63, 3.8) is 0 Å². The molecule has 2 fully saturated rings. The molecule has 1 heterocycles. The van der Waals surface area contributed by atoms with Crippen molar-refractivity contribution in [3.8, 4) is 0 Å². The van der Waals surface area contributed by atoms with Gasteiger partial charge in [0.1, 0.15) is 0 Å². The summed E-state index contributed by atoms with van der Waals surface area (Å²) in [6, 6.07) is 0. The van der Waals surface area contributed by atoms with Crippen molar-refractivity contribution in [2.24, 2.45) is 0 Å². The second-order valence-electron chi connectivity index (χ2n) is 6.59.